The number of aliphatic carboxylic acids is 1. The van der Waals surface area contributed by atoms with Crippen LogP contribution in [-0.2, 0) is 4.79 Å². The summed E-state index contributed by atoms with van der Waals surface area (Å²) in [6.45, 7) is 1.62. The Bertz CT molecular complexity index is 789. The zero-order valence-corrected chi connectivity index (χ0v) is 13.5. The van der Waals surface area contributed by atoms with Crippen molar-refractivity contribution in [1.82, 2.24) is 0 Å². The molecule has 2 nitrogen and oxygen atoms in total. The second-order valence-electron chi connectivity index (χ2n) is 5.26. The first-order valence-electron chi connectivity index (χ1n) is 7.31. The predicted molar refractivity (Wildman–Crippen MR) is 96.5 cm³/mol. The summed E-state index contributed by atoms with van der Waals surface area (Å²) in [6.07, 6.45) is 1.73. The van der Waals surface area contributed by atoms with Crippen LogP contribution in [0.2, 0.25) is 0 Å². The number of thiophene rings is 1. The SMILES string of the molecule is C/C(=C\c1cc(-c2ccccc2)c(-c2ccccc2)s1)C(=O)O. The third-order valence-electron chi connectivity index (χ3n) is 3.57. The van der Waals surface area contributed by atoms with Gasteiger partial charge in [0.25, 0.3) is 0 Å². The lowest BCUT2D eigenvalue weighted by Gasteiger charge is -2.03. The highest BCUT2D eigenvalue weighted by molar-refractivity contribution is 7.17. The molecular weight excluding hydrogens is 304 g/mol. The highest BCUT2D eigenvalue weighted by atomic mass is 32.1. The third-order valence-corrected chi connectivity index (χ3v) is 4.70. The number of rotatable bonds is 4. The summed E-state index contributed by atoms with van der Waals surface area (Å²) in [5.41, 5.74) is 3.75. The molecule has 2 aromatic carbocycles. The van der Waals surface area contributed by atoms with Crippen LogP contribution in [0, 0.1) is 0 Å². The number of carboxylic acid groups (broad SMARTS) is 1. The fourth-order valence-electron chi connectivity index (χ4n) is 2.39. The normalized spacial score (nSPS) is 11.4. The van der Waals surface area contributed by atoms with Crippen molar-refractivity contribution in [2.75, 3.05) is 0 Å². The predicted octanol–water partition coefficient (Wildman–Crippen LogP) is 5.57. The highest BCUT2D eigenvalue weighted by Gasteiger charge is 2.12. The maximum atomic E-state index is 11.1. The summed E-state index contributed by atoms with van der Waals surface area (Å²) in [5, 5.41) is 9.09. The van der Waals surface area contributed by atoms with Crippen LogP contribution in [0.3, 0.4) is 0 Å². The smallest absolute Gasteiger partial charge is 0.331 e. The molecule has 0 saturated heterocycles. The quantitative estimate of drug-likeness (QED) is 0.638. The van der Waals surface area contributed by atoms with Crippen molar-refractivity contribution >= 4 is 23.4 Å². The van der Waals surface area contributed by atoms with E-state index in [1.807, 2.05) is 36.4 Å². The molecule has 1 heterocycles. The largest absolute Gasteiger partial charge is 0.478 e. The van der Waals surface area contributed by atoms with E-state index in [9.17, 15) is 4.79 Å². The van der Waals surface area contributed by atoms with Gasteiger partial charge in [0.05, 0.1) is 0 Å². The van der Waals surface area contributed by atoms with E-state index in [0.29, 0.717) is 5.57 Å². The van der Waals surface area contributed by atoms with Gasteiger partial charge in [-0.3, -0.25) is 0 Å². The summed E-state index contributed by atoms with van der Waals surface area (Å²) in [5.74, 6) is -0.888. The third kappa shape index (κ3) is 3.41. The molecule has 0 unspecified atom stereocenters. The molecular formula is C20H16O2S. The number of carbonyl (C=O) groups is 1. The molecule has 0 aliphatic heterocycles. The van der Waals surface area contributed by atoms with Gasteiger partial charge in [-0.05, 0) is 30.2 Å². The summed E-state index contributed by atoms with van der Waals surface area (Å²) >= 11 is 1.61. The minimum Gasteiger partial charge on any atom is -0.478 e. The standard InChI is InChI=1S/C20H16O2S/c1-14(20(21)22)12-17-13-18(15-8-4-2-5-9-15)19(23-17)16-10-6-3-7-11-16/h2-13H,1H3,(H,21,22)/b14-12+. The van der Waals surface area contributed by atoms with Crippen LogP contribution < -0.4 is 0 Å². The van der Waals surface area contributed by atoms with Crippen LogP contribution in [-0.4, -0.2) is 11.1 Å². The number of benzene rings is 2. The zero-order chi connectivity index (χ0) is 16.2. The van der Waals surface area contributed by atoms with Crippen LogP contribution in [0.1, 0.15) is 11.8 Å². The molecule has 0 atom stereocenters. The Morgan fingerprint density at radius 2 is 1.52 bits per heavy atom. The van der Waals surface area contributed by atoms with Crippen LogP contribution in [0.25, 0.3) is 27.6 Å². The topological polar surface area (TPSA) is 37.3 Å². The lowest BCUT2D eigenvalue weighted by molar-refractivity contribution is -0.132. The zero-order valence-electron chi connectivity index (χ0n) is 12.7. The van der Waals surface area contributed by atoms with E-state index in [4.69, 9.17) is 5.11 Å². The first kappa shape index (κ1) is 15.3. The van der Waals surface area contributed by atoms with Crippen LogP contribution in [0.5, 0.6) is 0 Å². The van der Waals surface area contributed by atoms with Crippen LogP contribution in [0.4, 0.5) is 0 Å². The molecule has 23 heavy (non-hydrogen) atoms. The van der Waals surface area contributed by atoms with Gasteiger partial charge in [0.15, 0.2) is 0 Å². The van der Waals surface area contributed by atoms with Crippen molar-refractivity contribution < 1.29 is 9.90 Å². The first-order valence-corrected chi connectivity index (χ1v) is 8.13. The van der Waals surface area contributed by atoms with Crippen molar-refractivity contribution in [2.45, 2.75) is 6.92 Å². The van der Waals surface area contributed by atoms with Crippen molar-refractivity contribution in [3.8, 4) is 21.6 Å². The van der Waals surface area contributed by atoms with E-state index in [2.05, 4.69) is 30.3 Å². The monoisotopic (exact) mass is 320 g/mol. The fourth-order valence-corrected chi connectivity index (χ4v) is 3.58. The van der Waals surface area contributed by atoms with Gasteiger partial charge in [0.1, 0.15) is 0 Å². The molecule has 3 rings (SSSR count). The Morgan fingerprint density at radius 1 is 0.957 bits per heavy atom. The Labute approximate surface area is 139 Å². The van der Waals surface area contributed by atoms with Crippen molar-refractivity contribution in [3.63, 3.8) is 0 Å². The van der Waals surface area contributed by atoms with E-state index in [1.54, 1.807) is 24.3 Å². The molecule has 0 saturated carbocycles. The Kier molecular flexibility index (Phi) is 4.40. The minimum absolute atomic E-state index is 0.338. The van der Waals surface area contributed by atoms with E-state index in [1.165, 1.54) is 0 Å². The Morgan fingerprint density at radius 3 is 2.09 bits per heavy atom. The maximum Gasteiger partial charge on any atom is 0.331 e. The van der Waals surface area contributed by atoms with Crippen LogP contribution >= 0.6 is 11.3 Å². The van der Waals surface area contributed by atoms with E-state index in [-0.39, 0.29) is 0 Å². The molecule has 1 N–H and O–H groups in total. The molecule has 0 fully saturated rings. The summed E-state index contributed by atoms with van der Waals surface area (Å²) in [4.78, 5) is 13.2. The molecule has 0 spiro atoms. The molecule has 0 bridgehead atoms. The second-order valence-corrected chi connectivity index (χ2v) is 6.34. The molecule has 0 amide bonds. The van der Waals surface area contributed by atoms with E-state index < -0.39 is 5.97 Å². The van der Waals surface area contributed by atoms with Crippen molar-refractivity contribution in [1.29, 1.82) is 0 Å². The van der Waals surface area contributed by atoms with E-state index >= 15 is 0 Å². The molecule has 0 aliphatic rings. The Hall–Kier alpha value is -2.65. The van der Waals surface area contributed by atoms with E-state index in [0.717, 1.165) is 26.4 Å². The summed E-state index contributed by atoms with van der Waals surface area (Å²) in [7, 11) is 0. The van der Waals surface area contributed by atoms with Gasteiger partial charge in [-0.25, -0.2) is 4.79 Å². The Balaban J connectivity index is 2.15. The molecule has 1 aromatic heterocycles. The number of carboxylic acids is 1. The van der Waals surface area contributed by atoms with Gasteiger partial charge in [-0.1, -0.05) is 60.7 Å². The van der Waals surface area contributed by atoms with Crippen molar-refractivity contribution in [3.05, 3.63) is 77.2 Å². The first-order chi connectivity index (χ1) is 11.1. The van der Waals surface area contributed by atoms with Gasteiger partial charge in [0, 0.05) is 20.9 Å². The average molecular weight is 320 g/mol. The molecule has 0 aliphatic carbocycles. The lowest BCUT2D eigenvalue weighted by Crippen LogP contribution is -1.94. The van der Waals surface area contributed by atoms with Gasteiger partial charge >= 0.3 is 5.97 Å². The highest BCUT2D eigenvalue weighted by Crippen LogP contribution is 2.40. The van der Waals surface area contributed by atoms with Crippen LogP contribution in [0.15, 0.2) is 72.3 Å². The van der Waals surface area contributed by atoms with Crippen molar-refractivity contribution in [2.24, 2.45) is 0 Å². The summed E-state index contributed by atoms with van der Waals surface area (Å²) in [6, 6.07) is 22.4. The second kappa shape index (κ2) is 6.63. The molecule has 3 aromatic rings. The molecule has 0 radical (unpaired) electrons. The lowest BCUT2D eigenvalue weighted by atomic mass is 10.0. The minimum atomic E-state index is -0.888. The average Bonchev–Trinajstić information content (AvgIpc) is 3.00. The van der Waals surface area contributed by atoms with Gasteiger partial charge in [-0.15, -0.1) is 11.3 Å². The van der Waals surface area contributed by atoms with Gasteiger partial charge < -0.3 is 5.11 Å². The van der Waals surface area contributed by atoms with Gasteiger partial charge in [0.2, 0.25) is 0 Å². The molecule has 3 heteroatoms. The molecule has 114 valence electrons. The van der Waals surface area contributed by atoms with Gasteiger partial charge in [-0.2, -0.15) is 0 Å². The number of hydrogen-bond donors (Lipinski definition) is 1. The number of hydrogen-bond acceptors (Lipinski definition) is 2. The fraction of sp³-hybridized carbons (Fsp3) is 0.0500. The maximum absolute atomic E-state index is 11.1. The summed E-state index contributed by atoms with van der Waals surface area (Å²) < 4.78 is 0.